The third kappa shape index (κ3) is 4.97. The fraction of sp³-hybridized carbons (Fsp3) is 0.667. The number of nitrogens with zero attached hydrogens (tertiary/aromatic N) is 2. The number of rotatable bonds is 6. The van der Waals surface area contributed by atoms with Gasteiger partial charge in [-0.15, -0.1) is 0 Å². The first-order valence-corrected chi connectivity index (χ1v) is 8.64. The van der Waals surface area contributed by atoms with Gasteiger partial charge in [0.1, 0.15) is 0 Å². The molecule has 0 saturated heterocycles. The average Bonchev–Trinajstić information content (AvgIpc) is 2.35. The number of hydrogen-bond donors (Lipinski definition) is 1. The molecule has 0 fully saturated rings. The largest absolute Gasteiger partial charge is 0.381 e. The van der Waals surface area contributed by atoms with Crippen LogP contribution in [0, 0.1) is 0 Å². The van der Waals surface area contributed by atoms with Crippen molar-refractivity contribution in [2.45, 2.75) is 49.9 Å². The lowest BCUT2D eigenvalue weighted by atomic mass is 10.2. The molecule has 1 aromatic rings. The molecule has 1 atom stereocenters. The van der Waals surface area contributed by atoms with E-state index in [0.29, 0.717) is 6.04 Å². The third-order valence-corrected chi connectivity index (χ3v) is 5.64. The molecular formula is C15H27N3O2S. The van der Waals surface area contributed by atoms with Crippen LogP contribution in [-0.4, -0.2) is 49.7 Å². The quantitative estimate of drug-likeness (QED) is 0.874. The number of pyridine rings is 1. The molecule has 1 aromatic heterocycles. The van der Waals surface area contributed by atoms with Gasteiger partial charge in [-0.1, -0.05) is 0 Å². The molecule has 6 heteroatoms. The van der Waals surface area contributed by atoms with Crippen molar-refractivity contribution < 1.29 is 8.42 Å². The molecule has 5 nitrogen and oxygen atoms in total. The third-order valence-electron chi connectivity index (χ3n) is 3.24. The van der Waals surface area contributed by atoms with Crippen LogP contribution in [0.2, 0.25) is 0 Å². The average molecular weight is 313 g/mol. The number of hydrogen-bond acceptors (Lipinski definition) is 5. The Hall–Kier alpha value is -1.14. The van der Waals surface area contributed by atoms with E-state index < -0.39 is 14.6 Å². The Morgan fingerprint density at radius 1 is 1.29 bits per heavy atom. The van der Waals surface area contributed by atoms with Crippen LogP contribution in [0.3, 0.4) is 0 Å². The first-order chi connectivity index (χ1) is 9.54. The summed E-state index contributed by atoms with van der Waals surface area (Å²) in [5.41, 5.74) is 0.842. The van der Waals surface area contributed by atoms with E-state index in [2.05, 4.69) is 22.1 Å². The summed E-state index contributed by atoms with van der Waals surface area (Å²) >= 11 is 0. The van der Waals surface area contributed by atoms with E-state index in [0.717, 1.165) is 18.7 Å². The van der Waals surface area contributed by atoms with Gasteiger partial charge in [0.2, 0.25) is 0 Å². The molecular weight excluding hydrogens is 286 g/mol. The van der Waals surface area contributed by atoms with E-state index in [9.17, 15) is 8.42 Å². The van der Waals surface area contributed by atoms with Crippen LogP contribution in [-0.2, 0) is 9.84 Å². The van der Waals surface area contributed by atoms with Crippen molar-refractivity contribution in [1.82, 2.24) is 9.88 Å². The highest BCUT2D eigenvalue weighted by molar-refractivity contribution is 7.92. The summed E-state index contributed by atoms with van der Waals surface area (Å²) in [6.45, 7) is 8.14. The summed E-state index contributed by atoms with van der Waals surface area (Å²) in [4.78, 5) is 6.24. The Morgan fingerprint density at radius 3 is 2.33 bits per heavy atom. The van der Waals surface area contributed by atoms with Gasteiger partial charge >= 0.3 is 0 Å². The lowest BCUT2D eigenvalue weighted by Gasteiger charge is -2.20. The van der Waals surface area contributed by atoms with Gasteiger partial charge in [-0.3, -0.25) is 0 Å². The van der Waals surface area contributed by atoms with Crippen molar-refractivity contribution in [3.05, 3.63) is 18.3 Å². The van der Waals surface area contributed by atoms with Gasteiger partial charge in [-0.25, -0.2) is 13.4 Å². The molecule has 120 valence electrons. The number of nitrogens with one attached hydrogen (secondary N) is 1. The van der Waals surface area contributed by atoms with Crippen molar-refractivity contribution in [2.75, 3.05) is 26.0 Å². The predicted molar refractivity (Wildman–Crippen MR) is 87.4 cm³/mol. The fourth-order valence-corrected chi connectivity index (χ4v) is 2.81. The summed E-state index contributed by atoms with van der Waals surface area (Å²) < 4.78 is 23.7. The van der Waals surface area contributed by atoms with E-state index in [1.165, 1.54) is 0 Å². The molecule has 0 amide bonds. The minimum Gasteiger partial charge on any atom is -0.381 e. The minimum absolute atomic E-state index is 0.126. The maximum Gasteiger partial charge on any atom is 0.200 e. The molecule has 0 aliphatic heterocycles. The van der Waals surface area contributed by atoms with Gasteiger partial charge in [-0.05, 0) is 66.9 Å². The second-order valence-corrected chi connectivity index (χ2v) is 9.29. The molecule has 1 heterocycles. The Kier molecular flexibility index (Phi) is 5.75. The topological polar surface area (TPSA) is 62.3 Å². The van der Waals surface area contributed by atoms with Crippen LogP contribution in [0.1, 0.15) is 34.1 Å². The summed E-state index contributed by atoms with van der Waals surface area (Å²) in [5, 5.41) is 3.46. The van der Waals surface area contributed by atoms with Crippen LogP contribution in [0.4, 0.5) is 5.69 Å². The van der Waals surface area contributed by atoms with Gasteiger partial charge in [0.15, 0.2) is 14.9 Å². The summed E-state index contributed by atoms with van der Waals surface area (Å²) in [6, 6.07) is 3.65. The zero-order valence-corrected chi connectivity index (χ0v) is 14.7. The van der Waals surface area contributed by atoms with Gasteiger partial charge in [0.05, 0.1) is 16.6 Å². The maximum absolute atomic E-state index is 12.3. The van der Waals surface area contributed by atoms with Crippen LogP contribution in [0.25, 0.3) is 0 Å². The van der Waals surface area contributed by atoms with Crippen molar-refractivity contribution in [3.63, 3.8) is 0 Å². The second-order valence-electron chi connectivity index (χ2n) is 6.64. The summed E-state index contributed by atoms with van der Waals surface area (Å²) in [7, 11) is 0.696. The molecule has 1 N–H and O–H groups in total. The molecule has 0 aliphatic rings. The SMILES string of the molecule is CC(CCN(C)C)Nc1ccc(S(=O)(=O)C(C)(C)C)nc1. The van der Waals surface area contributed by atoms with E-state index in [1.807, 2.05) is 14.1 Å². The van der Waals surface area contributed by atoms with Crippen molar-refractivity contribution in [1.29, 1.82) is 0 Å². The van der Waals surface area contributed by atoms with Crippen molar-refractivity contribution >= 4 is 15.5 Å². The number of anilines is 1. The molecule has 0 radical (unpaired) electrons. The highest BCUT2D eigenvalue weighted by atomic mass is 32.2. The van der Waals surface area contributed by atoms with E-state index in [4.69, 9.17) is 0 Å². The highest BCUT2D eigenvalue weighted by Gasteiger charge is 2.31. The van der Waals surface area contributed by atoms with E-state index >= 15 is 0 Å². The van der Waals surface area contributed by atoms with Crippen molar-refractivity contribution in [2.24, 2.45) is 0 Å². The zero-order chi connectivity index (χ0) is 16.3. The Balaban J connectivity index is 2.75. The van der Waals surface area contributed by atoms with Crippen LogP contribution in [0.5, 0.6) is 0 Å². The van der Waals surface area contributed by atoms with Gasteiger partial charge in [-0.2, -0.15) is 0 Å². The van der Waals surface area contributed by atoms with Gasteiger partial charge in [0.25, 0.3) is 0 Å². The Bertz CT molecular complexity index is 545. The van der Waals surface area contributed by atoms with Gasteiger partial charge < -0.3 is 10.2 Å². The molecule has 0 bridgehead atoms. The van der Waals surface area contributed by atoms with Crippen LogP contribution in [0.15, 0.2) is 23.4 Å². The molecule has 1 unspecified atom stereocenters. The minimum atomic E-state index is -3.39. The smallest absolute Gasteiger partial charge is 0.200 e. The van der Waals surface area contributed by atoms with E-state index in [1.54, 1.807) is 39.1 Å². The van der Waals surface area contributed by atoms with Crippen LogP contribution >= 0.6 is 0 Å². The van der Waals surface area contributed by atoms with E-state index in [-0.39, 0.29) is 5.03 Å². The maximum atomic E-state index is 12.3. The summed E-state index contributed by atoms with van der Waals surface area (Å²) in [6.07, 6.45) is 2.60. The number of aromatic nitrogens is 1. The standard InChI is InChI=1S/C15H27N3O2S/c1-12(9-10-18(5)6)17-13-7-8-14(16-11-13)21(19,20)15(2,3)4/h7-8,11-12,17H,9-10H2,1-6H3. The molecule has 0 saturated carbocycles. The molecule has 1 rings (SSSR count). The fourth-order valence-electron chi connectivity index (χ4n) is 1.75. The monoisotopic (exact) mass is 313 g/mol. The summed E-state index contributed by atoms with van der Waals surface area (Å²) in [5.74, 6) is 0. The molecule has 0 spiro atoms. The Morgan fingerprint density at radius 2 is 1.90 bits per heavy atom. The molecule has 0 aromatic carbocycles. The normalized spacial score (nSPS) is 14.2. The highest BCUT2D eigenvalue weighted by Crippen LogP contribution is 2.23. The lowest BCUT2D eigenvalue weighted by Crippen LogP contribution is -2.28. The molecule has 21 heavy (non-hydrogen) atoms. The predicted octanol–water partition coefficient (Wildman–Crippen LogP) is 2.41. The lowest BCUT2D eigenvalue weighted by molar-refractivity contribution is 0.390. The molecule has 0 aliphatic carbocycles. The Labute approximate surface area is 128 Å². The van der Waals surface area contributed by atoms with Crippen LogP contribution < -0.4 is 5.32 Å². The second kappa shape index (κ2) is 6.75. The first kappa shape index (κ1) is 17.9. The first-order valence-electron chi connectivity index (χ1n) is 7.16. The van der Waals surface area contributed by atoms with Gasteiger partial charge in [0, 0.05) is 6.04 Å². The zero-order valence-electron chi connectivity index (χ0n) is 13.8. The number of sulfone groups is 1. The van der Waals surface area contributed by atoms with Crippen molar-refractivity contribution in [3.8, 4) is 0 Å².